The Morgan fingerprint density at radius 2 is 1.56 bits per heavy atom. The van der Waals surface area contributed by atoms with Crippen molar-refractivity contribution in [1.29, 1.82) is 0 Å². The van der Waals surface area contributed by atoms with Gasteiger partial charge in [0.2, 0.25) is 0 Å². The third-order valence-corrected chi connectivity index (χ3v) is 3.39. The van der Waals surface area contributed by atoms with Gasteiger partial charge < -0.3 is 0 Å². The predicted molar refractivity (Wildman–Crippen MR) is 39.2 cm³/mol. The molecule has 0 bridgehead atoms. The second kappa shape index (κ2) is 1.21. The van der Waals surface area contributed by atoms with E-state index in [1.807, 2.05) is 0 Å². The van der Waals surface area contributed by atoms with E-state index in [4.69, 9.17) is 0 Å². The van der Waals surface area contributed by atoms with Crippen LogP contribution in [0.1, 0.15) is 40.0 Å². The van der Waals surface area contributed by atoms with Crippen molar-refractivity contribution < 1.29 is 0 Å². The molecule has 0 heteroatoms. The van der Waals surface area contributed by atoms with Gasteiger partial charge in [-0.2, -0.15) is 0 Å². The second-order valence-electron chi connectivity index (χ2n) is 4.90. The van der Waals surface area contributed by atoms with E-state index in [0.717, 1.165) is 11.3 Å². The minimum Gasteiger partial charge on any atom is -0.0596 e. The van der Waals surface area contributed by atoms with Gasteiger partial charge in [0.05, 0.1) is 0 Å². The Morgan fingerprint density at radius 1 is 1.11 bits per heavy atom. The fraction of sp³-hybridized carbons (Fsp3) is 1.00. The van der Waals surface area contributed by atoms with Crippen LogP contribution in [0.25, 0.3) is 0 Å². The lowest BCUT2D eigenvalue weighted by Gasteiger charge is -2.08. The van der Waals surface area contributed by atoms with Crippen LogP contribution < -0.4 is 0 Å². The summed E-state index contributed by atoms with van der Waals surface area (Å²) in [4.78, 5) is 0. The molecule has 0 spiro atoms. The van der Waals surface area contributed by atoms with E-state index in [0.29, 0.717) is 5.41 Å². The quantitative estimate of drug-likeness (QED) is 0.504. The molecule has 0 radical (unpaired) electrons. The highest BCUT2D eigenvalue weighted by atomic mass is 14.6. The molecule has 52 valence electrons. The maximum absolute atomic E-state index is 2.45. The molecule has 9 heavy (non-hydrogen) atoms. The molecule has 2 saturated carbocycles. The summed E-state index contributed by atoms with van der Waals surface area (Å²) in [5, 5.41) is 0. The highest BCUT2D eigenvalue weighted by molar-refractivity contribution is 5.10. The van der Waals surface area contributed by atoms with Gasteiger partial charge in [-0.1, -0.05) is 20.8 Å². The second-order valence-corrected chi connectivity index (χ2v) is 4.90. The first-order valence-electron chi connectivity index (χ1n) is 4.05. The first-order valence-corrected chi connectivity index (χ1v) is 4.05. The van der Waals surface area contributed by atoms with Gasteiger partial charge in [0.1, 0.15) is 0 Å². The van der Waals surface area contributed by atoms with E-state index in [1.54, 1.807) is 0 Å². The molecular formula is C9H16. The fourth-order valence-electron chi connectivity index (χ4n) is 2.20. The molecule has 2 aliphatic carbocycles. The van der Waals surface area contributed by atoms with Crippen LogP contribution in [0.2, 0.25) is 0 Å². The normalized spacial score (nSPS) is 42.3. The van der Waals surface area contributed by atoms with Crippen LogP contribution in [0.15, 0.2) is 0 Å². The van der Waals surface area contributed by atoms with Crippen molar-refractivity contribution in [2.45, 2.75) is 40.0 Å². The zero-order chi connectivity index (χ0) is 6.70. The topological polar surface area (TPSA) is 0 Å². The number of hydrogen-bond acceptors (Lipinski definition) is 0. The van der Waals surface area contributed by atoms with Gasteiger partial charge in [-0.05, 0) is 36.0 Å². The summed E-state index contributed by atoms with van der Waals surface area (Å²) >= 11 is 0. The molecule has 2 fully saturated rings. The van der Waals surface area contributed by atoms with Crippen molar-refractivity contribution in [3.05, 3.63) is 0 Å². The molecule has 0 nitrogen and oxygen atoms in total. The van der Waals surface area contributed by atoms with E-state index in [9.17, 15) is 0 Å². The van der Waals surface area contributed by atoms with Crippen LogP contribution in [0.5, 0.6) is 0 Å². The Hall–Kier alpha value is 0. The van der Waals surface area contributed by atoms with Gasteiger partial charge in [-0.15, -0.1) is 0 Å². The van der Waals surface area contributed by atoms with E-state index >= 15 is 0 Å². The molecule has 0 aromatic rings. The molecule has 0 aromatic carbocycles. The van der Waals surface area contributed by atoms with Crippen LogP contribution in [0, 0.1) is 16.7 Å². The molecule has 0 amide bonds. The molecule has 2 aliphatic rings. The zero-order valence-electron chi connectivity index (χ0n) is 6.70. The van der Waals surface area contributed by atoms with Gasteiger partial charge in [0.25, 0.3) is 0 Å². The van der Waals surface area contributed by atoms with Crippen LogP contribution in [-0.2, 0) is 0 Å². The first-order chi connectivity index (χ1) is 4.05. The Kier molecular flexibility index (Phi) is 0.774. The van der Waals surface area contributed by atoms with E-state index in [2.05, 4.69) is 20.8 Å². The molecule has 0 aromatic heterocycles. The van der Waals surface area contributed by atoms with Crippen LogP contribution >= 0.6 is 0 Å². The number of rotatable bonds is 1. The summed E-state index contributed by atoms with van der Waals surface area (Å²) in [6, 6.07) is 0. The van der Waals surface area contributed by atoms with Gasteiger partial charge in [-0.3, -0.25) is 0 Å². The largest absolute Gasteiger partial charge is 0.0596 e. The van der Waals surface area contributed by atoms with Crippen LogP contribution in [0.4, 0.5) is 0 Å². The van der Waals surface area contributed by atoms with Crippen molar-refractivity contribution in [3.8, 4) is 0 Å². The molecule has 0 N–H and O–H groups in total. The maximum Gasteiger partial charge on any atom is -0.0292 e. The van der Waals surface area contributed by atoms with Crippen molar-refractivity contribution in [2.24, 2.45) is 16.7 Å². The molecule has 1 atom stereocenters. The Bertz CT molecular complexity index is 140. The molecule has 1 unspecified atom stereocenters. The lowest BCUT2D eigenvalue weighted by atomic mass is 9.97. The van der Waals surface area contributed by atoms with E-state index in [1.165, 1.54) is 19.3 Å². The van der Waals surface area contributed by atoms with Gasteiger partial charge in [0.15, 0.2) is 0 Å². The molecular weight excluding hydrogens is 108 g/mol. The molecule has 0 heterocycles. The van der Waals surface area contributed by atoms with Gasteiger partial charge in [0, 0.05) is 0 Å². The molecule has 2 rings (SSSR count). The fourth-order valence-corrected chi connectivity index (χ4v) is 2.20. The lowest BCUT2D eigenvalue weighted by Crippen LogP contribution is -2.01. The van der Waals surface area contributed by atoms with Crippen molar-refractivity contribution >= 4 is 0 Å². The van der Waals surface area contributed by atoms with E-state index in [-0.39, 0.29) is 0 Å². The maximum atomic E-state index is 2.45. The standard InChI is InChI=1S/C9H16/c1-8(2)6-7(8)9(3)4-5-9/h7H,4-6H2,1-3H3. The first kappa shape index (κ1) is 5.76. The predicted octanol–water partition coefficient (Wildman–Crippen LogP) is 2.83. The minimum absolute atomic E-state index is 0.714. The minimum atomic E-state index is 0.714. The van der Waals surface area contributed by atoms with Crippen LogP contribution in [-0.4, -0.2) is 0 Å². The molecule has 0 saturated heterocycles. The Labute approximate surface area is 57.6 Å². The average molecular weight is 124 g/mol. The average Bonchev–Trinajstić information content (AvgIpc) is 2.51. The highest BCUT2D eigenvalue weighted by Crippen LogP contribution is 2.69. The van der Waals surface area contributed by atoms with Gasteiger partial charge >= 0.3 is 0 Å². The third kappa shape index (κ3) is 0.720. The number of hydrogen-bond donors (Lipinski definition) is 0. The summed E-state index contributed by atoms with van der Waals surface area (Å²) in [7, 11) is 0. The van der Waals surface area contributed by atoms with Gasteiger partial charge in [-0.25, -0.2) is 0 Å². The Morgan fingerprint density at radius 3 is 1.67 bits per heavy atom. The third-order valence-electron chi connectivity index (χ3n) is 3.39. The highest BCUT2D eigenvalue weighted by Gasteiger charge is 2.60. The summed E-state index contributed by atoms with van der Waals surface area (Å²) < 4.78 is 0. The summed E-state index contributed by atoms with van der Waals surface area (Å²) in [5.74, 6) is 1.07. The summed E-state index contributed by atoms with van der Waals surface area (Å²) in [5.41, 5.74) is 1.51. The Balaban J connectivity index is 2.05. The summed E-state index contributed by atoms with van der Waals surface area (Å²) in [6.07, 6.45) is 4.49. The van der Waals surface area contributed by atoms with Crippen molar-refractivity contribution in [1.82, 2.24) is 0 Å². The zero-order valence-corrected chi connectivity index (χ0v) is 6.70. The van der Waals surface area contributed by atoms with Crippen molar-refractivity contribution in [2.75, 3.05) is 0 Å². The molecule has 0 aliphatic heterocycles. The summed E-state index contributed by atoms with van der Waals surface area (Å²) in [6.45, 7) is 7.26. The van der Waals surface area contributed by atoms with E-state index < -0.39 is 0 Å². The SMILES string of the molecule is CC1(C)CC1C1(C)CC1. The monoisotopic (exact) mass is 124 g/mol. The van der Waals surface area contributed by atoms with Crippen LogP contribution in [0.3, 0.4) is 0 Å². The van der Waals surface area contributed by atoms with Crippen molar-refractivity contribution in [3.63, 3.8) is 0 Å². The lowest BCUT2D eigenvalue weighted by molar-refractivity contribution is 0.404. The smallest absolute Gasteiger partial charge is 0.0292 e.